The fourth-order valence-electron chi connectivity index (χ4n) is 1.82. The molecule has 1 saturated heterocycles. The summed E-state index contributed by atoms with van der Waals surface area (Å²) >= 11 is 0. The van der Waals surface area contributed by atoms with Crippen molar-refractivity contribution in [3.63, 3.8) is 0 Å². The highest BCUT2D eigenvalue weighted by Gasteiger charge is 2.25. The molecule has 0 aromatic carbocycles. The molecule has 10 heavy (non-hydrogen) atoms. The number of aliphatic imine (C=N–C) groups is 1. The number of hydrogen-bond donors (Lipinski definition) is 0. The molecule has 0 amide bonds. The van der Waals surface area contributed by atoms with Crippen LogP contribution >= 0.6 is 0 Å². The van der Waals surface area contributed by atoms with Gasteiger partial charge in [-0.25, -0.2) is 5.32 Å². The highest BCUT2D eigenvalue weighted by Crippen LogP contribution is 2.22. The summed E-state index contributed by atoms with van der Waals surface area (Å²) < 4.78 is 0. The SMILES string of the molecule is C1=NCCC2CCC[N]C12. The van der Waals surface area contributed by atoms with Crippen LogP contribution in [0.5, 0.6) is 0 Å². The fraction of sp³-hybridized carbons (Fsp3) is 0.875. The quantitative estimate of drug-likeness (QED) is 0.473. The van der Waals surface area contributed by atoms with Gasteiger partial charge >= 0.3 is 0 Å². The van der Waals surface area contributed by atoms with Crippen LogP contribution in [-0.4, -0.2) is 25.3 Å². The number of hydrogen-bond acceptors (Lipinski definition) is 1. The van der Waals surface area contributed by atoms with Crippen molar-refractivity contribution < 1.29 is 0 Å². The van der Waals surface area contributed by atoms with Crippen LogP contribution in [0.3, 0.4) is 0 Å². The van der Waals surface area contributed by atoms with E-state index in [-0.39, 0.29) is 0 Å². The van der Waals surface area contributed by atoms with E-state index in [2.05, 4.69) is 10.3 Å². The van der Waals surface area contributed by atoms with Gasteiger partial charge in [0.05, 0.1) is 6.04 Å². The number of rotatable bonds is 0. The van der Waals surface area contributed by atoms with E-state index in [9.17, 15) is 0 Å². The normalized spacial score (nSPS) is 39.2. The molecule has 2 nitrogen and oxygen atoms in total. The van der Waals surface area contributed by atoms with Crippen molar-refractivity contribution >= 4 is 6.21 Å². The predicted molar refractivity (Wildman–Crippen MR) is 41.5 cm³/mol. The van der Waals surface area contributed by atoms with Crippen LogP contribution in [0.1, 0.15) is 19.3 Å². The van der Waals surface area contributed by atoms with Gasteiger partial charge in [-0.15, -0.1) is 0 Å². The first-order chi connectivity index (χ1) is 4.97. The van der Waals surface area contributed by atoms with Gasteiger partial charge < -0.3 is 0 Å². The third kappa shape index (κ3) is 1.08. The lowest BCUT2D eigenvalue weighted by atomic mass is 9.87. The zero-order valence-electron chi connectivity index (χ0n) is 6.16. The van der Waals surface area contributed by atoms with Gasteiger partial charge in [0, 0.05) is 19.3 Å². The van der Waals surface area contributed by atoms with Crippen molar-refractivity contribution in [2.45, 2.75) is 25.3 Å². The molecule has 0 saturated carbocycles. The van der Waals surface area contributed by atoms with Crippen molar-refractivity contribution in [2.24, 2.45) is 10.9 Å². The maximum Gasteiger partial charge on any atom is 0.0622 e. The molecule has 0 aliphatic carbocycles. The van der Waals surface area contributed by atoms with Crippen molar-refractivity contribution in [1.29, 1.82) is 0 Å². The molecule has 2 aliphatic rings. The number of piperidine rings is 1. The molecule has 2 unspecified atom stereocenters. The molecule has 2 aliphatic heterocycles. The van der Waals surface area contributed by atoms with E-state index in [1.54, 1.807) is 0 Å². The van der Waals surface area contributed by atoms with E-state index in [0.717, 1.165) is 19.0 Å². The molecule has 1 fully saturated rings. The average Bonchev–Trinajstić information content (AvgIpc) is 2.05. The first-order valence-electron chi connectivity index (χ1n) is 4.13. The van der Waals surface area contributed by atoms with Crippen molar-refractivity contribution in [1.82, 2.24) is 5.32 Å². The maximum absolute atomic E-state index is 4.50. The van der Waals surface area contributed by atoms with Gasteiger partial charge in [-0.2, -0.15) is 0 Å². The number of fused-ring (bicyclic) bond motifs is 1. The third-order valence-electron chi connectivity index (χ3n) is 2.44. The molecular weight excluding hydrogens is 124 g/mol. The largest absolute Gasteiger partial charge is 0.296 e. The van der Waals surface area contributed by atoms with E-state index in [1.807, 2.05) is 6.21 Å². The zero-order chi connectivity index (χ0) is 6.81. The predicted octanol–water partition coefficient (Wildman–Crippen LogP) is 0.844. The summed E-state index contributed by atoms with van der Waals surface area (Å²) in [5, 5.41) is 4.50. The second kappa shape index (κ2) is 2.70. The summed E-state index contributed by atoms with van der Waals surface area (Å²) in [6.07, 6.45) is 5.99. The molecule has 1 radical (unpaired) electrons. The van der Waals surface area contributed by atoms with Crippen LogP contribution in [0, 0.1) is 5.92 Å². The second-order valence-electron chi connectivity index (χ2n) is 3.14. The van der Waals surface area contributed by atoms with Crippen LogP contribution < -0.4 is 5.32 Å². The van der Waals surface area contributed by atoms with E-state index in [4.69, 9.17) is 0 Å². The van der Waals surface area contributed by atoms with Gasteiger partial charge in [0.25, 0.3) is 0 Å². The third-order valence-corrected chi connectivity index (χ3v) is 2.44. The van der Waals surface area contributed by atoms with Crippen LogP contribution in [0.2, 0.25) is 0 Å². The highest BCUT2D eigenvalue weighted by molar-refractivity contribution is 5.65. The Bertz CT molecular complexity index is 142. The molecular formula is C8H13N2. The Kier molecular flexibility index (Phi) is 1.72. The van der Waals surface area contributed by atoms with E-state index in [1.165, 1.54) is 19.3 Å². The molecule has 2 heteroatoms. The van der Waals surface area contributed by atoms with Crippen LogP contribution in [-0.2, 0) is 0 Å². The topological polar surface area (TPSA) is 26.5 Å². The molecule has 0 N–H and O–H groups in total. The lowest BCUT2D eigenvalue weighted by molar-refractivity contribution is 0.310. The highest BCUT2D eigenvalue weighted by atomic mass is 15.0. The van der Waals surface area contributed by atoms with Gasteiger partial charge in [-0.05, 0) is 25.2 Å². The van der Waals surface area contributed by atoms with E-state index in [0.29, 0.717) is 6.04 Å². The molecule has 55 valence electrons. The van der Waals surface area contributed by atoms with Crippen molar-refractivity contribution in [3.8, 4) is 0 Å². The van der Waals surface area contributed by atoms with Gasteiger partial charge in [0.15, 0.2) is 0 Å². The Labute approximate surface area is 61.7 Å². The smallest absolute Gasteiger partial charge is 0.0622 e. The van der Waals surface area contributed by atoms with Crippen molar-refractivity contribution in [2.75, 3.05) is 13.1 Å². The molecule has 0 bridgehead atoms. The Morgan fingerprint density at radius 1 is 1.20 bits per heavy atom. The molecule has 0 aromatic rings. The summed E-state index contributed by atoms with van der Waals surface area (Å²) in [5.74, 6) is 0.839. The summed E-state index contributed by atoms with van der Waals surface area (Å²) in [7, 11) is 0. The summed E-state index contributed by atoms with van der Waals surface area (Å²) in [4.78, 5) is 4.24. The average molecular weight is 137 g/mol. The Morgan fingerprint density at radius 2 is 2.20 bits per heavy atom. The summed E-state index contributed by atoms with van der Waals surface area (Å²) in [5.41, 5.74) is 0. The van der Waals surface area contributed by atoms with Gasteiger partial charge in [0.2, 0.25) is 0 Å². The van der Waals surface area contributed by atoms with E-state index < -0.39 is 0 Å². The second-order valence-corrected chi connectivity index (χ2v) is 3.14. The lowest BCUT2D eigenvalue weighted by Crippen LogP contribution is -2.39. The van der Waals surface area contributed by atoms with Crippen molar-refractivity contribution in [3.05, 3.63) is 0 Å². The van der Waals surface area contributed by atoms with Crippen LogP contribution in [0.4, 0.5) is 0 Å². The molecule has 2 atom stereocenters. The van der Waals surface area contributed by atoms with Gasteiger partial charge in [-0.1, -0.05) is 0 Å². The van der Waals surface area contributed by atoms with Gasteiger partial charge in [-0.3, -0.25) is 4.99 Å². The zero-order valence-corrected chi connectivity index (χ0v) is 6.16. The Hall–Kier alpha value is -0.370. The molecule has 2 heterocycles. The first kappa shape index (κ1) is 6.35. The molecule has 0 aromatic heterocycles. The Balaban J connectivity index is 2.03. The minimum Gasteiger partial charge on any atom is -0.296 e. The lowest BCUT2D eigenvalue weighted by Gasteiger charge is -2.30. The van der Waals surface area contributed by atoms with Crippen LogP contribution in [0.25, 0.3) is 0 Å². The Morgan fingerprint density at radius 3 is 3.10 bits per heavy atom. The summed E-state index contributed by atoms with van der Waals surface area (Å²) in [6.45, 7) is 2.10. The monoisotopic (exact) mass is 137 g/mol. The minimum atomic E-state index is 0.488. The fourth-order valence-corrected chi connectivity index (χ4v) is 1.82. The van der Waals surface area contributed by atoms with E-state index >= 15 is 0 Å². The summed E-state index contributed by atoms with van der Waals surface area (Å²) in [6, 6.07) is 0.488. The minimum absolute atomic E-state index is 0.488. The standard InChI is InChI=1S/C8H13N2/c1-2-7-3-5-9-6-8(7)10-4-1/h6-8H,1-5H2. The molecule has 0 spiro atoms. The molecule has 2 rings (SSSR count). The maximum atomic E-state index is 4.50. The number of nitrogens with zero attached hydrogens (tertiary/aromatic N) is 2. The first-order valence-corrected chi connectivity index (χ1v) is 4.13. The van der Waals surface area contributed by atoms with Gasteiger partial charge in [0.1, 0.15) is 0 Å². The van der Waals surface area contributed by atoms with Crippen LogP contribution in [0.15, 0.2) is 4.99 Å².